The van der Waals surface area contributed by atoms with E-state index in [0.717, 1.165) is 0 Å². The summed E-state index contributed by atoms with van der Waals surface area (Å²) in [5.74, 6) is -38.5. The molecule has 0 saturated carbocycles. The first-order chi connectivity index (χ1) is 15.5. The largest absolute Gasteiger partial charge is 0.434 e. The molecule has 1 fully saturated rings. The van der Waals surface area contributed by atoms with Gasteiger partial charge < -0.3 is 0 Å². The van der Waals surface area contributed by atoms with Crippen molar-refractivity contribution >= 4 is 68.1 Å². The van der Waals surface area contributed by atoms with Gasteiger partial charge in [-0.05, 0) is 11.6 Å². The van der Waals surface area contributed by atoms with Crippen LogP contribution in [0.4, 0.5) is 74.6 Å². The topological polar surface area (TPSA) is 43.4 Å². The van der Waals surface area contributed by atoms with Crippen molar-refractivity contribution in [3.8, 4) is 0 Å². The van der Waals surface area contributed by atoms with Crippen molar-refractivity contribution in [2.75, 3.05) is 0 Å². The Kier molecular flexibility index (Phi) is 7.95. The van der Waals surface area contributed by atoms with E-state index in [1.165, 1.54) is 0 Å². The quantitative estimate of drug-likeness (QED) is 0.141. The van der Waals surface area contributed by atoms with Crippen LogP contribution in [0.1, 0.15) is 0 Å². The fourth-order valence-corrected chi connectivity index (χ4v) is 4.33. The van der Waals surface area contributed by atoms with Crippen LogP contribution in [-0.2, 0) is 14.3 Å². The number of hydrogen-bond donors (Lipinski definition) is 0. The van der Waals surface area contributed by atoms with E-state index in [1.54, 1.807) is 0 Å². The van der Waals surface area contributed by atoms with Gasteiger partial charge in [-0.2, -0.15) is 65.5 Å². The second-order valence-corrected chi connectivity index (χ2v) is 10.9. The fraction of sp³-hybridized carbons (Fsp3) is 1.00. The lowest BCUT2D eigenvalue weighted by Crippen LogP contribution is -2.81. The molecule has 5 unspecified atom stereocenters. The van der Waals surface area contributed by atoms with Gasteiger partial charge in [0.25, 0.3) is 0 Å². The maximum absolute atomic E-state index is 14.3. The molecule has 0 aromatic carbocycles. The van der Waals surface area contributed by atoms with Crippen LogP contribution >= 0.6 is 58.0 Å². The molecule has 0 amide bonds. The van der Waals surface area contributed by atoms with Gasteiger partial charge in [-0.1, -0.05) is 46.4 Å². The average molecular weight is 712 g/mol. The van der Waals surface area contributed by atoms with Crippen LogP contribution in [0.25, 0.3) is 0 Å². The van der Waals surface area contributed by atoms with Gasteiger partial charge in [0.15, 0.2) is 0 Å². The summed E-state index contributed by atoms with van der Waals surface area (Å²) in [6.45, 7) is 0. The van der Waals surface area contributed by atoms with Gasteiger partial charge in [0.1, 0.15) is 0 Å². The van der Waals surface area contributed by atoms with Crippen LogP contribution < -0.4 is 0 Å². The molecule has 1 aliphatic heterocycles. The smallest absolute Gasteiger partial charge is 0.212 e. The Labute approximate surface area is 216 Å². The highest BCUT2D eigenvalue weighted by atomic mass is 35.5. The Bertz CT molecular complexity index is 1040. The Hall–Kier alpha value is 0.170. The van der Waals surface area contributed by atoms with Crippen molar-refractivity contribution in [2.24, 2.45) is 0 Å². The Balaban J connectivity index is 3.83. The highest BCUT2D eigenvalue weighted by Gasteiger charge is 2.99. The van der Waals surface area contributed by atoms with E-state index < -0.39 is 70.8 Å². The molecule has 37 heavy (non-hydrogen) atoms. The zero-order valence-corrected chi connectivity index (χ0v) is 20.0. The minimum atomic E-state index is -8.12. The third-order valence-electron chi connectivity index (χ3n) is 4.43. The Morgan fingerprint density at radius 1 is 0.514 bits per heavy atom. The summed E-state index contributed by atoms with van der Waals surface area (Å²) in [6, 6.07) is 0. The predicted octanol–water partition coefficient (Wildman–Crippen LogP) is 7.60. The minimum absolute atomic E-state index is 2.29. The lowest BCUT2D eigenvalue weighted by Gasteiger charge is -2.50. The standard InChI is InChI=1S/C11Cl5F17O3S/c12-1(17,5(21,22)2(13,18)7(25,26)4(15,20)10(16,30)31)6(23,24)3(14,19)8(27,28)9(29)11(32,33)37(34,35)36-9. The molecule has 1 aliphatic rings. The molecule has 0 aromatic heterocycles. The van der Waals surface area contributed by atoms with E-state index in [4.69, 9.17) is 0 Å². The summed E-state index contributed by atoms with van der Waals surface area (Å²) >= 11 is 18.9. The molecule has 1 heterocycles. The zero-order chi connectivity index (χ0) is 30.7. The lowest BCUT2D eigenvalue weighted by atomic mass is 9.89. The van der Waals surface area contributed by atoms with Gasteiger partial charge in [-0.25, -0.2) is 21.7 Å². The highest BCUT2D eigenvalue weighted by molar-refractivity contribution is 7.89. The summed E-state index contributed by atoms with van der Waals surface area (Å²) in [5, 5.41) is -42.8. The predicted molar refractivity (Wildman–Crippen MR) is 88.1 cm³/mol. The second-order valence-electron chi connectivity index (χ2n) is 6.74. The summed E-state index contributed by atoms with van der Waals surface area (Å²) in [5.41, 5.74) is 0. The molecule has 0 bridgehead atoms. The fourth-order valence-electron chi connectivity index (χ4n) is 2.18. The summed E-state index contributed by atoms with van der Waals surface area (Å²) in [6.07, 6.45) is 0. The Morgan fingerprint density at radius 3 is 1.03 bits per heavy atom. The van der Waals surface area contributed by atoms with E-state index in [0.29, 0.717) is 0 Å². The van der Waals surface area contributed by atoms with Crippen LogP contribution in [-0.4, -0.2) is 69.1 Å². The molecule has 0 spiro atoms. The average Bonchev–Trinajstić information content (AvgIpc) is 2.65. The van der Waals surface area contributed by atoms with Gasteiger partial charge >= 0.3 is 70.8 Å². The first-order valence-corrected chi connectivity index (χ1v) is 10.9. The van der Waals surface area contributed by atoms with Crippen molar-refractivity contribution < 1.29 is 87.2 Å². The minimum Gasteiger partial charge on any atom is -0.212 e. The summed E-state index contributed by atoms with van der Waals surface area (Å²) < 4.78 is 258. The summed E-state index contributed by atoms with van der Waals surface area (Å²) in [7, 11) is -6.85. The van der Waals surface area contributed by atoms with Crippen molar-refractivity contribution in [1.82, 2.24) is 0 Å². The van der Waals surface area contributed by atoms with Crippen molar-refractivity contribution in [2.45, 2.75) is 60.7 Å². The van der Waals surface area contributed by atoms with Crippen LogP contribution in [0, 0.1) is 0 Å². The Morgan fingerprint density at radius 2 is 0.784 bits per heavy atom. The van der Waals surface area contributed by atoms with Gasteiger partial charge in [0.05, 0.1) is 0 Å². The zero-order valence-electron chi connectivity index (χ0n) is 15.4. The molecule has 0 N–H and O–H groups in total. The molecule has 5 atom stereocenters. The number of halogens is 22. The molecule has 1 rings (SSSR count). The second kappa shape index (κ2) is 8.36. The van der Waals surface area contributed by atoms with Crippen LogP contribution in [0.5, 0.6) is 0 Å². The first kappa shape index (κ1) is 35.2. The van der Waals surface area contributed by atoms with E-state index in [1.807, 2.05) is 0 Å². The molecule has 0 aliphatic carbocycles. The van der Waals surface area contributed by atoms with E-state index in [9.17, 15) is 83.1 Å². The molecular weight excluding hydrogens is 712 g/mol. The van der Waals surface area contributed by atoms with Gasteiger partial charge in [0, 0.05) is 0 Å². The normalized spacial score (nSPS) is 29.8. The third-order valence-corrected chi connectivity index (χ3v) is 8.03. The van der Waals surface area contributed by atoms with E-state index in [-0.39, 0.29) is 0 Å². The highest BCUT2D eigenvalue weighted by Crippen LogP contribution is 2.70. The molecule has 3 nitrogen and oxygen atoms in total. The van der Waals surface area contributed by atoms with Crippen molar-refractivity contribution in [1.29, 1.82) is 0 Å². The lowest BCUT2D eigenvalue weighted by molar-refractivity contribution is -0.390. The SMILES string of the molecule is O=S1(=O)OC(F)(C(F)(F)C(F)(Cl)C(F)(F)C(F)(Cl)C(F)(F)C(F)(Cl)C(F)(F)C(F)(Cl)C(F)(F)Cl)C1(F)F. The number of hydrogen-bond acceptors (Lipinski definition) is 3. The molecule has 222 valence electrons. The maximum Gasteiger partial charge on any atom is 0.434 e. The number of alkyl halides is 22. The molecule has 0 aromatic rings. The van der Waals surface area contributed by atoms with Crippen LogP contribution in [0.3, 0.4) is 0 Å². The monoisotopic (exact) mass is 710 g/mol. The first-order valence-electron chi connectivity index (χ1n) is 7.57. The maximum atomic E-state index is 14.3. The van der Waals surface area contributed by atoms with E-state index in [2.05, 4.69) is 62.2 Å². The molecular formula is C11Cl5F17O3S. The van der Waals surface area contributed by atoms with Crippen LogP contribution in [0.2, 0.25) is 0 Å². The molecule has 1 saturated heterocycles. The van der Waals surface area contributed by atoms with Crippen LogP contribution in [0.15, 0.2) is 0 Å². The van der Waals surface area contributed by atoms with Gasteiger partial charge in [-0.15, -0.1) is 0 Å². The molecule has 0 radical (unpaired) electrons. The van der Waals surface area contributed by atoms with E-state index >= 15 is 0 Å². The summed E-state index contributed by atoms with van der Waals surface area (Å²) in [4.78, 5) is 0. The third kappa shape index (κ3) is 3.82. The van der Waals surface area contributed by atoms with Crippen molar-refractivity contribution in [3.05, 3.63) is 0 Å². The van der Waals surface area contributed by atoms with Crippen molar-refractivity contribution in [3.63, 3.8) is 0 Å². The van der Waals surface area contributed by atoms with Gasteiger partial charge in [0.2, 0.25) is 0 Å². The van der Waals surface area contributed by atoms with Gasteiger partial charge in [-0.3, -0.25) is 0 Å². The number of rotatable bonds is 9. The molecule has 26 heteroatoms.